The Morgan fingerprint density at radius 1 is 0.471 bits per heavy atom. The van der Waals surface area contributed by atoms with Crippen molar-refractivity contribution in [2.45, 2.75) is 81.1 Å². The molecule has 2 N–H and O–H groups in total. The molecule has 0 saturated heterocycles. The molecule has 0 aromatic heterocycles. The van der Waals surface area contributed by atoms with Crippen LogP contribution in [-0.4, -0.2) is 19.8 Å². The predicted molar refractivity (Wildman–Crippen MR) is 81.5 cm³/mol. The summed E-state index contributed by atoms with van der Waals surface area (Å²) in [5.41, 5.74) is 0. The smallest absolute Gasteiger partial charge is 0.0785 e. The third-order valence-corrected chi connectivity index (χ3v) is 1.000. The maximum absolute atomic E-state index is 9.50. The van der Waals surface area contributed by atoms with Crippen LogP contribution < -0.4 is 0 Å². The average Bonchev–Trinajstić information content (AvgIpc) is 2.47. The van der Waals surface area contributed by atoms with Crippen LogP contribution >= 0.6 is 0 Å². The van der Waals surface area contributed by atoms with Crippen LogP contribution in [-0.2, 0) is 0 Å². The first-order valence-electron chi connectivity index (χ1n) is 6.58. The van der Waals surface area contributed by atoms with E-state index < -0.39 is 0 Å². The van der Waals surface area contributed by atoms with Gasteiger partial charge in [-0.3, -0.25) is 8.78 Å². The summed E-state index contributed by atoms with van der Waals surface area (Å²) in [7, 11) is 1.00. The highest BCUT2D eigenvalue weighted by molar-refractivity contribution is 4.13. The van der Waals surface area contributed by atoms with E-state index in [1.165, 1.54) is 25.7 Å². The molecule has 0 aliphatic rings. The molecular weight excluding hydrogens is 222 g/mol. The van der Waals surface area contributed by atoms with Gasteiger partial charge >= 0.3 is 0 Å². The SMILES string of the molecule is CC.CC.CCCC.CCCC.CF.CF.O. The van der Waals surface area contributed by atoms with E-state index >= 15 is 0 Å². The molecule has 3 heteroatoms. The van der Waals surface area contributed by atoms with E-state index in [9.17, 15) is 8.78 Å². The summed E-state index contributed by atoms with van der Waals surface area (Å²) in [6.07, 6.45) is 5.28. The lowest BCUT2D eigenvalue weighted by Gasteiger charge is -1.68. The molecule has 0 radical (unpaired) electrons. The highest BCUT2D eigenvalue weighted by Crippen LogP contribution is 1.77. The van der Waals surface area contributed by atoms with Gasteiger partial charge in [-0.2, -0.15) is 0 Å². The Labute approximate surface area is 110 Å². The van der Waals surface area contributed by atoms with Crippen LogP contribution in [0.2, 0.25) is 0 Å². The van der Waals surface area contributed by atoms with Gasteiger partial charge in [0.15, 0.2) is 0 Å². The Morgan fingerprint density at radius 3 is 0.529 bits per heavy atom. The summed E-state index contributed by atoms with van der Waals surface area (Å²) in [6.45, 7) is 16.7. The van der Waals surface area contributed by atoms with Crippen LogP contribution in [0.4, 0.5) is 8.78 Å². The van der Waals surface area contributed by atoms with Crippen molar-refractivity contribution in [2.24, 2.45) is 0 Å². The van der Waals surface area contributed by atoms with E-state index in [0.29, 0.717) is 14.4 Å². The number of hydrogen-bond acceptors (Lipinski definition) is 0. The molecule has 0 amide bonds. The maximum atomic E-state index is 9.50. The Hall–Kier alpha value is -0.180. The Balaban J connectivity index is -0.0000000146. The monoisotopic (exact) mass is 262 g/mol. The van der Waals surface area contributed by atoms with Crippen LogP contribution in [0.5, 0.6) is 0 Å². The molecule has 0 aliphatic heterocycles. The van der Waals surface area contributed by atoms with Gasteiger partial charge < -0.3 is 5.48 Å². The summed E-state index contributed by atoms with van der Waals surface area (Å²) in [6, 6.07) is 0. The lowest BCUT2D eigenvalue weighted by atomic mass is 10.4. The molecule has 116 valence electrons. The molecule has 0 fully saturated rings. The Bertz CT molecular complexity index is 22.2. The second-order valence-electron chi connectivity index (χ2n) is 2.00. The molecule has 0 spiro atoms. The van der Waals surface area contributed by atoms with Gasteiger partial charge in [0.25, 0.3) is 0 Å². The second kappa shape index (κ2) is 238. The molecular formula is C14H40F2O. The molecule has 0 atom stereocenters. The van der Waals surface area contributed by atoms with E-state index in [1.54, 1.807) is 0 Å². The third-order valence-electron chi connectivity index (χ3n) is 1.000. The van der Waals surface area contributed by atoms with Crippen LogP contribution in [0.25, 0.3) is 0 Å². The molecule has 0 aromatic rings. The first-order chi connectivity index (χ1) is 7.83. The lowest BCUT2D eigenvalue weighted by Crippen LogP contribution is -1.47. The minimum absolute atomic E-state index is 0. The zero-order valence-corrected chi connectivity index (χ0v) is 14.1. The molecule has 1 nitrogen and oxygen atoms in total. The number of alkyl halides is 2. The van der Waals surface area contributed by atoms with Gasteiger partial charge in [-0.25, -0.2) is 0 Å². The molecule has 0 saturated carbocycles. The molecule has 0 aliphatic carbocycles. The fraction of sp³-hybridized carbons (Fsp3) is 1.00. The van der Waals surface area contributed by atoms with Gasteiger partial charge in [0, 0.05) is 0 Å². The fourth-order valence-corrected chi connectivity index (χ4v) is 0. The average molecular weight is 262 g/mol. The number of unbranched alkanes of at least 4 members (excludes halogenated alkanes) is 2. The highest BCUT2D eigenvalue weighted by atomic mass is 19.1. The largest absolute Gasteiger partial charge is 0.412 e. The Kier molecular flexibility index (Phi) is 611. The van der Waals surface area contributed by atoms with Crippen molar-refractivity contribution >= 4 is 0 Å². The summed E-state index contributed by atoms with van der Waals surface area (Å²) >= 11 is 0. The van der Waals surface area contributed by atoms with E-state index in [2.05, 4.69) is 27.7 Å². The summed E-state index contributed by atoms with van der Waals surface area (Å²) < 4.78 is 19.0. The van der Waals surface area contributed by atoms with E-state index in [0.717, 1.165) is 0 Å². The van der Waals surface area contributed by atoms with Crippen molar-refractivity contribution in [2.75, 3.05) is 14.4 Å². The lowest BCUT2D eigenvalue weighted by molar-refractivity contribution is 0.635. The molecule has 0 heterocycles. The van der Waals surface area contributed by atoms with Crippen molar-refractivity contribution in [1.29, 1.82) is 0 Å². The summed E-state index contributed by atoms with van der Waals surface area (Å²) in [4.78, 5) is 0. The minimum atomic E-state index is 0. The molecule has 0 rings (SSSR count). The summed E-state index contributed by atoms with van der Waals surface area (Å²) in [5, 5.41) is 0. The van der Waals surface area contributed by atoms with E-state index in [-0.39, 0.29) is 5.48 Å². The quantitative estimate of drug-likeness (QED) is 0.583. The zero-order chi connectivity index (χ0) is 14.8. The third kappa shape index (κ3) is 912. The van der Waals surface area contributed by atoms with Crippen molar-refractivity contribution in [3.63, 3.8) is 0 Å². The van der Waals surface area contributed by atoms with Gasteiger partial charge in [-0.15, -0.1) is 0 Å². The summed E-state index contributed by atoms with van der Waals surface area (Å²) in [5.74, 6) is 0. The molecule has 0 bridgehead atoms. The standard InChI is InChI=1S/2C4H10.2C2H6.2CH3F.H2O/c2*1-3-4-2;4*1-2;/h2*3-4H2,1-2H3;2*1-2H3;2*1H3;1H2. The first-order valence-corrected chi connectivity index (χ1v) is 6.58. The topological polar surface area (TPSA) is 31.5 Å². The van der Waals surface area contributed by atoms with Gasteiger partial charge in [-0.1, -0.05) is 81.1 Å². The van der Waals surface area contributed by atoms with Crippen LogP contribution in [0.3, 0.4) is 0 Å². The maximum Gasteiger partial charge on any atom is 0.0785 e. The van der Waals surface area contributed by atoms with Gasteiger partial charge in [0.2, 0.25) is 0 Å². The van der Waals surface area contributed by atoms with E-state index in [4.69, 9.17) is 0 Å². The van der Waals surface area contributed by atoms with Gasteiger partial charge in [0.1, 0.15) is 0 Å². The van der Waals surface area contributed by atoms with Crippen LogP contribution in [0.15, 0.2) is 0 Å². The first kappa shape index (κ1) is 43.7. The second-order valence-corrected chi connectivity index (χ2v) is 2.00. The normalized spacial score (nSPS) is 4.94. The molecule has 0 unspecified atom stereocenters. The van der Waals surface area contributed by atoms with Crippen molar-refractivity contribution in [3.05, 3.63) is 0 Å². The number of rotatable bonds is 2. The van der Waals surface area contributed by atoms with Crippen molar-refractivity contribution in [3.8, 4) is 0 Å². The minimum Gasteiger partial charge on any atom is -0.412 e. The van der Waals surface area contributed by atoms with E-state index in [1.807, 2.05) is 27.7 Å². The number of hydrogen-bond donors (Lipinski definition) is 0. The molecule has 17 heavy (non-hydrogen) atoms. The van der Waals surface area contributed by atoms with Crippen LogP contribution in [0, 0.1) is 0 Å². The molecule has 0 aromatic carbocycles. The van der Waals surface area contributed by atoms with Crippen LogP contribution in [0.1, 0.15) is 81.1 Å². The number of halogens is 2. The zero-order valence-electron chi connectivity index (χ0n) is 14.1. The van der Waals surface area contributed by atoms with Gasteiger partial charge in [-0.05, 0) is 0 Å². The fourth-order valence-electron chi connectivity index (χ4n) is 0. The Morgan fingerprint density at radius 2 is 0.529 bits per heavy atom. The van der Waals surface area contributed by atoms with Crippen molar-refractivity contribution in [1.82, 2.24) is 0 Å². The predicted octanol–water partition coefficient (Wildman–Crippen LogP) is 6.01. The van der Waals surface area contributed by atoms with Gasteiger partial charge in [0.05, 0.1) is 14.4 Å². The highest BCUT2D eigenvalue weighted by Gasteiger charge is 1.56. The van der Waals surface area contributed by atoms with Crippen molar-refractivity contribution < 1.29 is 14.3 Å².